The minimum absolute atomic E-state index is 0.531. The van der Waals surface area contributed by atoms with E-state index in [9.17, 15) is 0 Å². The molecule has 10 heteroatoms. The second-order valence-corrected chi connectivity index (χ2v) is 9.72. The van der Waals surface area contributed by atoms with Gasteiger partial charge in [0.1, 0.15) is 11.3 Å². The van der Waals surface area contributed by atoms with Crippen LogP contribution >= 0.6 is 31.9 Å². The lowest BCUT2D eigenvalue weighted by Gasteiger charge is -2.13. The highest BCUT2D eigenvalue weighted by molar-refractivity contribution is 9.10. The molecule has 0 fully saturated rings. The van der Waals surface area contributed by atoms with Crippen molar-refractivity contribution in [2.75, 3.05) is 0 Å². The monoisotopic (exact) mass is 568 g/mol. The van der Waals surface area contributed by atoms with Crippen molar-refractivity contribution < 1.29 is 0 Å². The van der Waals surface area contributed by atoms with Gasteiger partial charge in [-0.1, -0.05) is 19.4 Å². The van der Waals surface area contributed by atoms with E-state index in [0.717, 1.165) is 62.1 Å². The van der Waals surface area contributed by atoms with E-state index < -0.39 is 0 Å². The summed E-state index contributed by atoms with van der Waals surface area (Å²) in [4.78, 5) is 9.59. The summed E-state index contributed by atoms with van der Waals surface area (Å²) in [5.41, 5.74) is 6.07. The molecule has 0 amide bonds. The molecule has 0 aliphatic rings. The first-order chi connectivity index (χ1) is 16.0. The van der Waals surface area contributed by atoms with Crippen LogP contribution in [0.25, 0.3) is 28.4 Å². The maximum Gasteiger partial charge on any atom is 0.221 e. The Balaban J connectivity index is 1.52. The minimum Gasteiger partial charge on any atom is -0.311 e. The maximum absolute atomic E-state index is 4.93. The van der Waals surface area contributed by atoms with Crippen molar-refractivity contribution in [1.29, 1.82) is 0 Å². The molecular weight excluding hydrogens is 548 g/mol. The van der Waals surface area contributed by atoms with Crippen LogP contribution in [0.1, 0.15) is 36.7 Å². The van der Waals surface area contributed by atoms with Crippen LogP contribution in [-0.2, 0) is 13.0 Å². The summed E-state index contributed by atoms with van der Waals surface area (Å²) in [6.07, 6.45) is 7.03. The van der Waals surface area contributed by atoms with Crippen molar-refractivity contribution in [3.8, 4) is 17.2 Å². The molecule has 4 heterocycles. The third-order valence-electron chi connectivity index (χ3n) is 5.64. The number of hydrogen-bond acceptors (Lipinski definition) is 5. The number of pyridine rings is 1. The van der Waals surface area contributed by atoms with Gasteiger partial charge in [0.25, 0.3) is 0 Å². The molecular formula is C23H22Br2N8. The van der Waals surface area contributed by atoms with Crippen LogP contribution in [0.3, 0.4) is 0 Å². The van der Waals surface area contributed by atoms with E-state index in [0.29, 0.717) is 12.4 Å². The molecule has 0 aliphatic carbocycles. The molecule has 168 valence electrons. The first-order valence-corrected chi connectivity index (χ1v) is 12.3. The number of aromatic amines is 1. The Morgan fingerprint density at radius 2 is 2.00 bits per heavy atom. The molecule has 0 saturated carbocycles. The predicted octanol–water partition coefficient (Wildman–Crippen LogP) is 5.63. The Kier molecular flexibility index (Phi) is 6.11. The standard InChI is InChI=1S/C23H22Br2N8/c1-3-4-5-20-27-21-14(2)8-9-26-23(21)33(20)12-15-6-7-18(17(25)10-15)32-13-16(24)11-19(32)22-28-30-31-29-22/h6-11,13H,3-5,12H2,1-2H3,(H,28,29,30,31). The zero-order valence-electron chi connectivity index (χ0n) is 18.3. The molecule has 5 rings (SSSR count). The van der Waals surface area contributed by atoms with Gasteiger partial charge in [-0.3, -0.25) is 0 Å². The van der Waals surface area contributed by atoms with Crippen LogP contribution in [0, 0.1) is 6.92 Å². The van der Waals surface area contributed by atoms with Crippen LogP contribution in [0.4, 0.5) is 0 Å². The van der Waals surface area contributed by atoms with Crippen molar-refractivity contribution in [3.63, 3.8) is 0 Å². The molecule has 0 spiro atoms. The summed E-state index contributed by atoms with van der Waals surface area (Å²) in [7, 11) is 0. The molecule has 0 saturated heterocycles. The first-order valence-electron chi connectivity index (χ1n) is 10.8. The largest absolute Gasteiger partial charge is 0.311 e. The number of aromatic nitrogens is 8. The molecule has 0 atom stereocenters. The third kappa shape index (κ3) is 4.24. The van der Waals surface area contributed by atoms with E-state index in [1.54, 1.807) is 0 Å². The number of fused-ring (bicyclic) bond motifs is 1. The fourth-order valence-corrected chi connectivity index (χ4v) is 5.01. The number of unbranched alkanes of at least 4 members (excludes halogenated alkanes) is 1. The lowest BCUT2D eigenvalue weighted by Crippen LogP contribution is -2.07. The number of rotatable bonds is 7. The number of nitrogens with zero attached hydrogens (tertiary/aromatic N) is 7. The van der Waals surface area contributed by atoms with E-state index in [-0.39, 0.29) is 0 Å². The molecule has 8 nitrogen and oxygen atoms in total. The van der Waals surface area contributed by atoms with Gasteiger partial charge in [0.2, 0.25) is 5.82 Å². The Morgan fingerprint density at radius 3 is 2.76 bits per heavy atom. The SMILES string of the molecule is CCCCc1nc2c(C)ccnc2n1Cc1ccc(-n2cc(Br)cc2-c2nn[nH]n2)c(Br)c1. The Hall–Kier alpha value is -2.85. The quantitative estimate of drug-likeness (QED) is 0.274. The van der Waals surface area contributed by atoms with Crippen molar-refractivity contribution in [2.45, 2.75) is 39.7 Å². The lowest BCUT2D eigenvalue weighted by molar-refractivity contribution is 0.686. The highest BCUT2D eigenvalue weighted by atomic mass is 79.9. The van der Waals surface area contributed by atoms with Gasteiger partial charge in [-0.25, -0.2) is 9.97 Å². The maximum atomic E-state index is 4.93. The summed E-state index contributed by atoms with van der Waals surface area (Å²) in [6.45, 7) is 5.00. The Bertz CT molecular complexity index is 1420. The zero-order valence-corrected chi connectivity index (χ0v) is 21.4. The second-order valence-electron chi connectivity index (χ2n) is 7.95. The van der Waals surface area contributed by atoms with Gasteiger partial charge in [-0.2, -0.15) is 5.21 Å². The number of aryl methyl sites for hydroxylation is 2. The van der Waals surface area contributed by atoms with Gasteiger partial charge in [-0.05, 0) is 85.8 Å². The summed E-state index contributed by atoms with van der Waals surface area (Å²) in [6, 6.07) is 10.4. The van der Waals surface area contributed by atoms with Crippen LogP contribution in [0.5, 0.6) is 0 Å². The van der Waals surface area contributed by atoms with Crippen molar-refractivity contribution >= 4 is 43.0 Å². The fraction of sp³-hybridized carbons (Fsp3) is 0.261. The molecule has 0 bridgehead atoms. The normalized spacial score (nSPS) is 11.5. The van der Waals surface area contributed by atoms with Gasteiger partial charge < -0.3 is 9.13 Å². The second kappa shape index (κ2) is 9.18. The molecule has 5 aromatic rings. The van der Waals surface area contributed by atoms with Crippen LogP contribution in [-0.4, -0.2) is 39.7 Å². The van der Waals surface area contributed by atoms with Crippen LogP contribution < -0.4 is 0 Å². The van der Waals surface area contributed by atoms with E-state index in [1.807, 2.05) is 29.1 Å². The molecule has 0 radical (unpaired) electrons. The van der Waals surface area contributed by atoms with E-state index in [2.05, 4.69) is 94.1 Å². The topological polar surface area (TPSA) is 90.1 Å². The van der Waals surface area contributed by atoms with Gasteiger partial charge in [0, 0.05) is 27.8 Å². The smallest absolute Gasteiger partial charge is 0.221 e. The molecule has 1 N–H and O–H groups in total. The Labute approximate surface area is 207 Å². The summed E-state index contributed by atoms with van der Waals surface area (Å²) in [5.74, 6) is 1.62. The molecule has 4 aromatic heterocycles. The van der Waals surface area contributed by atoms with Gasteiger partial charge >= 0.3 is 0 Å². The Morgan fingerprint density at radius 1 is 1.12 bits per heavy atom. The number of nitrogens with one attached hydrogen (secondary N) is 1. The van der Waals surface area contributed by atoms with Crippen LogP contribution in [0.15, 0.2) is 51.7 Å². The highest BCUT2D eigenvalue weighted by Gasteiger charge is 2.17. The highest BCUT2D eigenvalue weighted by Crippen LogP contribution is 2.31. The van der Waals surface area contributed by atoms with Gasteiger partial charge in [0.05, 0.1) is 17.9 Å². The predicted molar refractivity (Wildman–Crippen MR) is 134 cm³/mol. The van der Waals surface area contributed by atoms with Crippen LogP contribution in [0.2, 0.25) is 0 Å². The number of halogens is 2. The van der Waals surface area contributed by atoms with Crippen molar-refractivity contribution in [1.82, 2.24) is 39.7 Å². The number of H-pyrrole nitrogens is 1. The summed E-state index contributed by atoms with van der Waals surface area (Å²) < 4.78 is 6.19. The zero-order chi connectivity index (χ0) is 22.9. The molecule has 0 unspecified atom stereocenters. The third-order valence-corrected chi connectivity index (χ3v) is 6.71. The molecule has 1 aromatic carbocycles. The van der Waals surface area contributed by atoms with E-state index in [1.165, 1.54) is 5.56 Å². The first kappa shape index (κ1) is 22.0. The summed E-state index contributed by atoms with van der Waals surface area (Å²) >= 11 is 7.34. The molecule has 33 heavy (non-hydrogen) atoms. The molecule has 0 aliphatic heterocycles. The van der Waals surface area contributed by atoms with Crippen molar-refractivity contribution in [3.05, 3.63) is 68.6 Å². The fourth-order valence-electron chi connectivity index (χ4n) is 3.97. The van der Waals surface area contributed by atoms with Gasteiger partial charge in [-0.15, -0.1) is 10.2 Å². The lowest BCUT2D eigenvalue weighted by atomic mass is 10.2. The van der Waals surface area contributed by atoms with Crippen molar-refractivity contribution in [2.24, 2.45) is 0 Å². The summed E-state index contributed by atoms with van der Waals surface area (Å²) in [5, 5.41) is 14.5. The average molecular weight is 570 g/mol. The number of imidazole rings is 1. The van der Waals surface area contributed by atoms with E-state index in [4.69, 9.17) is 4.98 Å². The number of benzene rings is 1. The number of tetrazole rings is 1. The van der Waals surface area contributed by atoms with Gasteiger partial charge in [0.15, 0.2) is 5.65 Å². The minimum atomic E-state index is 0.531. The van der Waals surface area contributed by atoms with E-state index >= 15 is 0 Å². The average Bonchev–Trinajstić information content (AvgIpc) is 3.53. The number of hydrogen-bond donors (Lipinski definition) is 1.